The molecule has 0 radical (unpaired) electrons. The fourth-order valence-corrected chi connectivity index (χ4v) is 3.00. The average molecular weight is 352 g/mol. The van der Waals surface area contributed by atoms with Crippen LogP contribution in [0.4, 0.5) is 0 Å². The van der Waals surface area contributed by atoms with E-state index in [1.54, 1.807) is 30.4 Å². The van der Waals surface area contributed by atoms with Crippen LogP contribution in [0.1, 0.15) is 26.3 Å². The Kier molecular flexibility index (Phi) is 5.18. The van der Waals surface area contributed by atoms with Crippen LogP contribution in [0.3, 0.4) is 0 Å². The lowest BCUT2D eigenvalue weighted by atomic mass is 10.1. The summed E-state index contributed by atoms with van der Waals surface area (Å²) in [5.74, 6) is 0. The number of benzene rings is 1. The minimum Gasteiger partial charge on any atom is -0.308 e. The summed E-state index contributed by atoms with van der Waals surface area (Å²) in [6.45, 7) is 7.34. The number of halogens is 1. The van der Waals surface area contributed by atoms with Gasteiger partial charge in [-0.1, -0.05) is 33.8 Å². The second kappa shape index (κ2) is 6.70. The highest BCUT2D eigenvalue weighted by Gasteiger charge is 2.11. The summed E-state index contributed by atoms with van der Waals surface area (Å²) in [4.78, 5) is 9.62. The topological polar surface area (TPSA) is 37.8 Å². The van der Waals surface area contributed by atoms with Crippen molar-refractivity contribution in [1.29, 1.82) is 0 Å². The van der Waals surface area contributed by atoms with E-state index in [0.717, 1.165) is 16.0 Å². The largest absolute Gasteiger partial charge is 0.308 e. The van der Waals surface area contributed by atoms with Gasteiger partial charge >= 0.3 is 0 Å². The third-order valence-corrected chi connectivity index (χ3v) is 4.11. The van der Waals surface area contributed by atoms with Crippen LogP contribution in [0.15, 0.2) is 51.2 Å². The molecular formula is C15H18BrN3S. The lowest BCUT2D eigenvalue weighted by Gasteiger charge is -2.21. The standard InChI is InChI=1S/C15H18BrN3S/c1-15(2,3)19-9-11-4-5-12(16)8-13(11)20-14-10-17-6-7-18-14/h4-8,10,19H,9H2,1-3H3. The molecule has 2 aromatic rings. The van der Waals surface area contributed by atoms with Crippen molar-refractivity contribution in [3.05, 3.63) is 46.8 Å². The summed E-state index contributed by atoms with van der Waals surface area (Å²) in [7, 11) is 0. The van der Waals surface area contributed by atoms with Gasteiger partial charge in [0.05, 0.1) is 6.20 Å². The zero-order valence-electron chi connectivity index (χ0n) is 11.9. The van der Waals surface area contributed by atoms with Crippen molar-refractivity contribution in [3.8, 4) is 0 Å². The predicted octanol–water partition coefficient (Wildman–Crippen LogP) is 4.28. The minimum absolute atomic E-state index is 0.0988. The molecule has 1 aromatic carbocycles. The first-order valence-electron chi connectivity index (χ1n) is 6.41. The van der Waals surface area contributed by atoms with Gasteiger partial charge < -0.3 is 5.32 Å². The quantitative estimate of drug-likeness (QED) is 0.891. The third-order valence-electron chi connectivity index (χ3n) is 2.59. The second-order valence-corrected chi connectivity index (χ2v) is 7.48. The summed E-state index contributed by atoms with van der Waals surface area (Å²) >= 11 is 5.17. The van der Waals surface area contributed by atoms with E-state index in [1.165, 1.54) is 10.5 Å². The molecular weight excluding hydrogens is 334 g/mol. The van der Waals surface area contributed by atoms with Crippen LogP contribution in [-0.2, 0) is 6.54 Å². The van der Waals surface area contributed by atoms with Crippen molar-refractivity contribution in [3.63, 3.8) is 0 Å². The van der Waals surface area contributed by atoms with Crippen molar-refractivity contribution >= 4 is 27.7 Å². The molecule has 1 aromatic heterocycles. The predicted molar refractivity (Wildman–Crippen MR) is 86.9 cm³/mol. The summed E-state index contributed by atoms with van der Waals surface area (Å²) in [6, 6.07) is 6.33. The van der Waals surface area contributed by atoms with Gasteiger partial charge in [-0.15, -0.1) is 0 Å². The Morgan fingerprint density at radius 3 is 2.70 bits per heavy atom. The molecule has 0 spiro atoms. The molecule has 0 aliphatic rings. The van der Waals surface area contributed by atoms with Gasteiger partial charge in [0.1, 0.15) is 5.03 Å². The zero-order valence-corrected chi connectivity index (χ0v) is 14.3. The number of aromatic nitrogens is 2. The fraction of sp³-hybridized carbons (Fsp3) is 0.333. The molecule has 0 amide bonds. The Morgan fingerprint density at radius 1 is 1.25 bits per heavy atom. The lowest BCUT2D eigenvalue weighted by molar-refractivity contribution is 0.422. The van der Waals surface area contributed by atoms with Crippen molar-refractivity contribution in [2.75, 3.05) is 0 Å². The molecule has 0 aliphatic heterocycles. The third kappa shape index (κ3) is 4.89. The zero-order chi connectivity index (χ0) is 14.6. The molecule has 1 heterocycles. The highest BCUT2D eigenvalue weighted by atomic mass is 79.9. The van der Waals surface area contributed by atoms with Crippen LogP contribution in [0.2, 0.25) is 0 Å². The maximum absolute atomic E-state index is 4.32. The van der Waals surface area contributed by atoms with Gasteiger partial charge in [0, 0.05) is 33.8 Å². The van der Waals surface area contributed by atoms with Crippen molar-refractivity contribution in [1.82, 2.24) is 15.3 Å². The molecule has 1 N–H and O–H groups in total. The van der Waals surface area contributed by atoms with E-state index in [1.807, 2.05) is 0 Å². The minimum atomic E-state index is 0.0988. The van der Waals surface area contributed by atoms with Crippen LogP contribution >= 0.6 is 27.7 Å². The Morgan fingerprint density at radius 2 is 2.05 bits per heavy atom. The summed E-state index contributed by atoms with van der Waals surface area (Å²) < 4.78 is 1.07. The fourth-order valence-electron chi connectivity index (χ4n) is 1.58. The van der Waals surface area contributed by atoms with Gasteiger partial charge in [0.15, 0.2) is 0 Å². The summed E-state index contributed by atoms with van der Waals surface area (Å²) in [5.41, 5.74) is 1.36. The molecule has 0 aliphatic carbocycles. The van der Waals surface area contributed by atoms with Gasteiger partial charge in [-0.3, -0.25) is 4.98 Å². The van der Waals surface area contributed by atoms with Crippen molar-refractivity contribution in [2.24, 2.45) is 0 Å². The van der Waals surface area contributed by atoms with E-state index in [9.17, 15) is 0 Å². The molecule has 5 heteroatoms. The first-order valence-corrected chi connectivity index (χ1v) is 8.02. The van der Waals surface area contributed by atoms with Gasteiger partial charge in [0.2, 0.25) is 0 Å². The molecule has 0 unspecified atom stereocenters. The normalized spacial score (nSPS) is 11.6. The second-order valence-electron chi connectivity index (χ2n) is 5.50. The van der Waals surface area contributed by atoms with Crippen molar-refractivity contribution in [2.45, 2.75) is 42.8 Å². The Labute approximate surface area is 132 Å². The molecule has 0 bridgehead atoms. The molecule has 0 saturated heterocycles. The van der Waals surface area contributed by atoms with Crippen LogP contribution in [0, 0.1) is 0 Å². The Bertz CT molecular complexity index is 567. The van der Waals surface area contributed by atoms with E-state index in [-0.39, 0.29) is 5.54 Å². The molecule has 3 nitrogen and oxygen atoms in total. The summed E-state index contributed by atoms with van der Waals surface area (Å²) in [5, 5.41) is 4.42. The van der Waals surface area contributed by atoms with E-state index < -0.39 is 0 Å². The van der Waals surface area contributed by atoms with E-state index in [2.05, 4.69) is 70.2 Å². The highest BCUT2D eigenvalue weighted by molar-refractivity contribution is 9.10. The lowest BCUT2D eigenvalue weighted by Crippen LogP contribution is -2.35. The number of nitrogens with one attached hydrogen (secondary N) is 1. The van der Waals surface area contributed by atoms with Crippen LogP contribution in [0.5, 0.6) is 0 Å². The van der Waals surface area contributed by atoms with Crippen LogP contribution < -0.4 is 5.32 Å². The Balaban J connectivity index is 2.20. The van der Waals surface area contributed by atoms with Gasteiger partial charge in [-0.2, -0.15) is 0 Å². The Hall–Kier alpha value is -0.910. The number of hydrogen-bond acceptors (Lipinski definition) is 4. The number of nitrogens with zero attached hydrogens (tertiary/aromatic N) is 2. The van der Waals surface area contributed by atoms with E-state index in [0.29, 0.717) is 0 Å². The van der Waals surface area contributed by atoms with Crippen LogP contribution in [0.25, 0.3) is 0 Å². The maximum atomic E-state index is 4.32. The van der Waals surface area contributed by atoms with Gasteiger partial charge in [-0.25, -0.2) is 4.98 Å². The maximum Gasteiger partial charge on any atom is 0.119 e. The van der Waals surface area contributed by atoms with Gasteiger partial charge in [0.25, 0.3) is 0 Å². The number of hydrogen-bond donors (Lipinski definition) is 1. The molecule has 20 heavy (non-hydrogen) atoms. The monoisotopic (exact) mass is 351 g/mol. The smallest absolute Gasteiger partial charge is 0.119 e. The summed E-state index contributed by atoms with van der Waals surface area (Å²) in [6.07, 6.45) is 5.19. The van der Waals surface area contributed by atoms with Crippen molar-refractivity contribution < 1.29 is 0 Å². The number of rotatable bonds is 4. The SMILES string of the molecule is CC(C)(C)NCc1ccc(Br)cc1Sc1cnccn1. The molecule has 0 saturated carbocycles. The van der Waals surface area contributed by atoms with Gasteiger partial charge in [-0.05, 0) is 38.5 Å². The average Bonchev–Trinajstić information content (AvgIpc) is 2.38. The van der Waals surface area contributed by atoms with E-state index in [4.69, 9.17) is 0 Å². The molecule has 106 valence electrons. The first kappa shape index (κ1) is 15.5. The first-order chi connectivity index (χ1) is 9.44. The molecule has 0 atom stereocenters. The van der Waals surface area contributed by atoms with E-state index >= 15 is 0 Å². The molecule has 2 rings (SSSR count). The van der Waals surface area contributed by atoms with Crippen LogP contribution in [-0.4, -0.2) is 15.5 Å². The highest BCUT2D eigenvalue weighted by Crippen LogP contribution is 2.31. The molecule has 0 fully saturated rings.